The van der Waals surface area contributed by atoms with Crippen LogP contribution in [0.25, 0.3) is 0 Å². The molecule has 3 rings (SSSR count). The maximum atomic E-state index is 5.90. The lowest BCUT2D eigenvalue weighted by atomic mass is 9.91. The molecule has 2 aromatic carbocycles. The normalized spacial score (nSPS) is 20.4. The van der Waals surface area contributed by atoms with Gasteiger partial charge in [0.15, 0.2) is 0 Å². The highest BCUT2D eigenvalue weighted by Gasteiger charge is 2.30. The Morgan fingerprint density at radius 3 is 2.15 bits per heavy atom. The fourth-order valence-corrected chi connectivity index (χ4v) is 3.76. The third-order valence-corrected chi connectivity index (χ3v) is 5.10. The monoisotopic (exact) mass is 367 g/mol. The van der Waals surface area contributed by atoms with Crippen LogP contribution in [-0.4, -0.2) is 24.4 Å². The summed E-state index contributed by atoms with van der Waals surface area (Å²) in [5.41, 5.74) is 3.77. The van der Waals surface area contributed by atoms with Crippen molar-refractivity contribution in [2.45, 2.75) is 71.2 Å². The summed E-state index contributed by atoms with van der Waals surface area (Å²) in [6.45, 7) is 11.4. The molecule has 2 aromatic rings. The summed E-state index contributed by atoms with van der Waals surface area (Å²) in [6.07, 6.45) is 2.25. The van der Waals surface area contributed by atoms with Crippen molar-refractivity contribution in [2.24, 2.45) is 0 Å². The van der Waals surface area contributed by atoms with E-state index in [0.717, 1.165) is 25.2 Å². The first-order valence-electron chi connectivity index (χ1n) is 10.1. The second-order valence-corrected chi connectivity index (χ2v) is 8.54. The average molecular weight is 368 g/mol. The van der Waals surface area contributed by atoms with Crippen molar-refractivity contribution in [3.8, 4) is 5.75 Å². The van der Waals surface area contributed by atoms with Gasteiger partial charge in [-0.3, -0.25) is 0 Å². The van der Waals surface area contributed by atoms with Crippen LogP contribution in [0.2, 0.25) is 0 Å². The van der Waals surface area contributed by atoms with E-state index in [1.165, 1.54) is 16.7 Å². The molecule has 3 nitrogen and oxygen atoms in total. The van der Waals surface area contributed by atoms with E-state index in [-0.39, 0.29) is 17.7 Å². The Morgan fingerprint density at radius 1 is 1.00 bits per heavy atom. The van der Waals surface area contributed by atoms with Crippen LogP contribution < -0.4 is 10.1 Å². The van der Waals surface area contributed by atoms with E-state index in [9.17, 15) is 0 Å². The summed E-state index contributed by atoms with van der Waals surface area (Å²) in [7, 11) is 0. The number of nitrogens with one attached hydrogen (secondary N) is 1. The molecule has 0 amide bonds. The van der Waals surface area contributed by atoms with Crippen LogP contribution in [0.4, 0.5) is 0 Å². The van der Waals surface area contributed by atoms with E-state index >= 15 is 0 Å². The standard InChI is InChI=1S/C24H33NO2/c1-17(2)27-22-12-10-20(11-13-22)23(19-8-6-18(3)7-9-19)25-21-14-15-26-24(4,5)16-21/h6-13,17,21,23,25H,14-16H2,1-5H3/t21-,23+/m0/s1. The van der Waals surface area contributed by atoms with Gasteiger partial charge >= 0.3 is 0 Å². The molecule has 27 heavy (non-hydrogen) atoms. The molecule has 146 valence electrons. The van der Waals surface area contributed by atoms with Crippen LogP contribution in [0.1, 0.15) is 63.3 Å². The number of benzene rings is 2. The number of hydrogen-bond acceptors (Lipinski definition) is 3. The molecule has 1 heterocycles. The molecule has 0 bridgehead atoms. The second kappa shape index (κ2) is 8.45. The summed E-state index contributed by atoms with van der Waals surface area (Å²) in [6, 6.07) is 18.0. The first-order chi connectivity index (χ1) is 12.8. The molecular weight excluding hydrogens is 334 g/mol. The molecule has 0 saturated carbocycles. The second-order valence-electron chi connectivity index (χ2n) is 8.54. The minimum Gasteiger partial charge on any atom is -0.491 e. The molecule has 3 heteroatoms. The van der Waals surface area contributed by atoms with Crippen LogP contribution in [0.5, 0.6) is 5.75 Å². The zero-order chi connectivity index (χ0) is 19.4. The fourth-order valence-electron chi connectivity index (χ4n) is 3.76. The number of ether oxygens (including phenoxy) is 2. The summed E-state index contributed by atoms with van der Waals surface area (Å²) in [5.74, 6) is 0.920. The quantitative estimate of drug-likeness (QED) is 0.739. The third kappa shape index (κ3) is 5.57. The lowest BCUT2D eigenvalue weighted by Crippen LogP contribution is -2.45. The van der Waals surface area contributed by atoms with Gasteiger partial charge in [0, 0.05) is 12.6 Å². The number of rotatable bonds is 6. The van der Waals surface area contributed by atoms with Crippen molar-refractivity contribution in [1.29, 1.82) is 0 Å². The highest BCUT2D eigenvalue weighted by molar-refractivity contribution is 5.36. The van der Waals surface area contributed by atoms with Crippen LogP contribution >= 0.6 is 0 Å². The lowest BCUT2D eigenvalue weighted by Gasteiger charge is -2.38. The minimum absolute atomic E-state index is 0.0668. The molecule has 0 radical (unpaired) electrons. The Bertz CT molecular complexity index is 719. The van der Waals surface area contributed by atoms with E-state index in [4.69, 9.17) is 9.47 Å². The Balaban J connectivity index is 1.84. The maximum absolute atomic E-state index is 5.90. The highest BCUT2D eigenvalue weighted by Crippen LogP contribution is 2.30. The average Bonchev–Trinajstić information content (AvgIpc) is 2.60. The SMILES string of the molecule is Cc1ccc([C@@H](N[C@H]2CCOC(C)(C)C2)c2ccc(OC(C)C)cc2)cc1. The van der Waals surface area contributed by atoms with Crippen LogP contribution in [0.15, 0.2) is 48.5 Å². The van der Waals surface area contributed by atoms with Crippen molar-refractivity contribution in [2.75, 3.05) is 6.61 Å². The zero-order valence-corrected chi connectivity index (χ0v) is 17.3. The van der Waals surface area contributed by atoms with E-state index in [2.05, 4.69) is 88.5 Å². The topological polar surface area (TPSA) is 30.5 Å². The van der Waals surface area contributed by atoms with Crippen molar-refractivity contribution in [1.82, 2.24) is 5.32 Å². The van der Waals surface area contributed by atoms with Gasteiger partial charge in [0.2, 0.25) is 0 Å². The van der Waals surface area contributed by atoms with Gasteiger partial charge in [-0.25, -0.2) is 0 Å². The van der Waals surface area contributed by atoms with E-state index in [1.807, 2.05) is 0 Å². The van der Waals surface area contributed by atoms with Crippen LogP contribution in [0.3, 0.4) is 0 Å². The fraction of sp³-hybridized carbons (Fsp3) is 0.500. The Labute approximate surface area is 164 Å². The molecule has 0 aliphatic carbocycles. The Hall–Kier alpha value is -1.84. The first kappa shape index (κ1) is 19.9. The van der Waals surface area contributed by atoms with Gasteiger partial charge in [-0.05, 0) is 70.7 Å². The molecule has 2 atom stereocenters. The molecule has 1 saturated heterocycles. The lowest BCUT2D eigenvalue weighted by molar-refractivity contribution is -0.0637. The molecule has 1 aliphatic rings. The van der Waals surface area contributed by atoms with Gasteiger partial charge in [-0.2, -0.15) is 0 Å². The van der Waals surface area contributed by atoms with Crippen molar-refractivity contribution in [3.05, 3.63) is 65.2 Å². The van der Waals surface area contributed by atoms with Gasteiger partial charge in [0.25, 0.3) is 0 Å². The third-order valence-electron chi connectivity index (χ3n) is 5.10. The zero-order valence-electron chi connectivity index (χ0n) is 17.3. The smallest absolute Gasteiger partial charge is 0.119 e. The Morgan fingerprint density at radius 2 is 1.59 bits per heavy atom. The minimum atomic E-state index is -0.0668. The largest absolute Gasteiger partial charge is 0.491 e. The van der Waals surface area contributed by atoms with Crippen molar-refractivity contribution >= 4 is 0 Å². The van der Waals surface area contributed by atoms with Gasteiger partial charge in [0.05, 0.1) is 17.7 Å². The van der Waals surface area contributed by atoms with E-state index in [0.29, 0.717) is 6.04 Å². The van der Waals surface area contributed by atoms with E-state index < -0.39 is 0 Å². The highest BCUT2D eigenvalue weighted by atomic mass is 16.5. The number of aryl methyl sites for hydroxylation is 1. The summed E-state index contributed by atoms with van der Waals surface area (Å²) >= 11 is 0. The van der Waals surface area contributed by atoms with Crippen LogP contribution in [-0.2, 0) is 4.74 Å². The molecule has 1 fully saturated rings. The summed E-state index contributed by atoms with van der Waals surface area (Å²) in [4.78, 5) is 0. The van der Waals surface area contributed by atoms with Gasteiger partial charge in [-0.1, -0.05) is 42.0 Å². The van der Waals surface area contributed by atoms with Crippen LogP contribution in [0, 0.1) is 6.92 Å². The van der Waals surface area contributed by atoms with E-state index in [1.54, 1.807) is 0 Å². The molecular formula is C24H33NO2. The van der Waals surface area contributed by atoms with Gasteiger partial charge in [-0.15, -0.1) is 0 Å². The first-order valence-corrected chi connectivity index (χ1v) is 10.1. The van der Waals surface area contributed by atoms with Crippen molar-refractivity contribution < 1.29 is 9.47 Å². The Kier molecular flexibility index (Phi) is 6.23. The molecule has 0 aromatic heterocycles. The number of hydrogen-bond donors (Lipinski definition) is 1. The van der Waals surface area contributed by atoms with Gasteiger partial charge in [0.1, 0.15) is 5.75 Å². The van der Waals surface area contributed by atoms with Crippen molar-refractivity contribution in [3.63, 3.8) is 0 Å². The molecule has 1 N–H and O–H groups in total. The molecule has 0 spiro atoms. The summed E-state index contributed by atoms with van der Waals surface area (Å²) < 4.78 is 11.7. The van der Waals surface area contributed by atoms with Gasteiger partial charge < -0.3 is 14.8 Å². The predicted molar refractivity (Wildman–Crippen MR) is 111 cm³/mol. The maximum Gasteiger partial charge on any atom is 0.119 e. The molecule has 0 unspecified atom stereocenters. The molecule has 1 aliphatic heterocycles. The predicted octanol–water partition coefficient (Wildman–Crippen LogP) is 5.42. The summed E-state index contributed by atoms with van der Waals surface area (Å²) in [5, 5.41) is 3.90.